The van der Waals surface area contributed by atoms with Crippen LogP contribution in [0.15, 0.2) is 39.8 Å². The van der Waals surface area contributed by atoms with Crippen LogP contribution in [0.3, 0.4) is 0 Å². The van der Waals surface area contributed by atoms with E-state index in [0.717, 1.165) is 6.42 Å². The molecule has 2 fully saturated rings. The number of hydrogen-bond donors (Lipinski definition) is 3. The van der Waals surface area contributed by atoms with Crippen LogP contribution in [0.2, 0.25) is 0 Å². The molecule has 0 saturated heterocycles. The minimum absolute atomic E-state index is 0.0219. The van der Waals surface area contributed by atoms with Gasteiger partial charge in [0.1, 0.15) is 22.7 Å². The van der Waals surface area contributed by atoms with Crippen molar-refractivity contribution in [3.63, 3.8) is 0 Å². The Kier molecular flexibility index (Phi) is 5.05. The maximum atomic E-state index is 13.1. The first kappa shape index (κ1) is 22.6. The second-order valence-electron chi connectivity index (χ2n) is 11.0. The van der Waals surface area contributed by atoms with Crippen molar-refractivity contribution < 1.29 is 24.5 Å². The smallest absolute Gasteiger partial charge is 0.345 e. The Morgan fingerprint density at radius 3 is 2.67 bits per heavy atom. The molecule has 7 heteroatoms. The molecule has 8 atom stereocenters. The van der Waals surface area contributed by atoms with Gasteiger partial charge in [-0.2, -0.15) is 0 Å². The van der Waals surface area contributed by atoms with Crippen LogP contribution in [-0.4, -0.2) is 38.6 Å². The van der Waals surface area contributed by atoms with Crippen LogP contribution >= 0.6 is 0 Å². The molecule has 2 aromatic rings. The molecule has 3 heterocycles. The van der Waals surface area contributed by atoms with E-state index in [9.17, 15) is 20.1 Å². The lowest BCUT2D eigenvalue weighted by Gasteiger charge is -2.66. The molecule has 5 rings (SSSR count). The number of ether oxygens (including phenoxy) is 1. The number of fused-ring (bicyclic) bond motifs is 4. The van der Waals surface area contributed by atoms with Gasteiger partial charge in [0.05, 0.1) is 18.8 Å². The first-order chi connectivity index (χ1) is 15.6. The average molecular weight is 456 g/mol. The molecule has 7 nitrogen and oxygen atoms in total. The Bertz CT molecular complexity index is 1120. The largest absolute Gasteiger partial charge is 0.486 e. The highest BCUT2D eigenvalue weighted by atomic mass is 16.5. The number of pyridine rings is 1. The second kappa shape index (κ2) is 7.39. The van der Waals surface area contributed by atoms with Gasteiger partial charge < -0.3 is 24.5 Å². The van der Waals surface area contributed by atoms with Gasteiger partial charge >= 0.3 is 5.63 Å². The Morgan fingerprint density at radius 1 is 1.24 bits per heavy atom. The molecular formula is C26H33NO6. The van der Waals surface area contributed by atoms with E-state index in [0.29, 0.717) is 29.9 Å². The minimum Gasteiger partial charge on any atom is -0.486 e. The van der Waals surface area contributed by atoms with Gasteiger partial charge in [0.2, 0.25) is 0 Å². The van der Waals surface area contributed by atoms with Crippen molar-refractivity contribution in [3.05, 3.63) is 46.6 Å². The summed E-state index contributed by atoms with van der Waals surface area (Å²) in [6.07, 6.45) is 3.52. The van der Waals surface area contributed by atoms with Gasteiger partial charge in [0.25, 0.3) is 0 Å². The van der Waals surface area contributed by atoms with Crippen LogP contribution in [0.25, 0.3) is 11.3 Å². The van der Waals surface area contributed by atoms with E-state index in [1.54, 1.807) is 30.6 Å². The highest BCUT2D eigenvalue weighted by Gasteiger charge is 2.68. The van der Waals surface area contributed by atoms with Gasteiger partial charge in [-0.25, -0.2) is 4.79 Å². The van der Waals surface area contributed by atoms with E-state index in [1.807, 2.05) is 13.8 Å². The molecule has 2 aliphatic carbocycles. The fourth-order valence-corrected chi connectivity index (χ4v) is 7.34. The van der Waals surface area contributed by atoms with E-state index >= 15 is 0 Å². The van der Waals surface area contributed by atoms with Crippen LogP contribution < -0.4 is 10.4 Å². The summed E-state index contributed by atoms with van der Waals surface area (Å²) >= 11 is 0. The van der Waals surface area contributed by atoms with E-state index in [1.165, 1.54) is 0 Å². The first-order valence-electron chi connectivity index (χ1n) is 11.8. The van der Waals surface area contributed by atoms with Crippen molar-refractivity contribution >= 4 is 0 Å². The van der Waals surface area contributed by atoms with Crippen molar-refractivity contribution in [2.24, 2.45) is 28.6 Å². The zero-order valence-electron chi connectivity index (χ0n) is 19.6. The number of aromatic nitrogens is 1. The molecule has 0 bridgehead atoms. The summed E-state index contributed by atoms with van der Waals surface area (Å²) in [5, 5.41) is 32.8. The summed E-state index contributed by atoms with van der Waals surface area (Å²) in [4.78, 5) is 17.2. The summed E-state index contributed by atoms with van der Waals surface area (Å²) in [6, 6.07) is 5.25. The molecule has 2 aromatic heterocycles. The maximum absolute atomic E-state index is 13.1. The van der Waals surface area contributed by atoms with Gasteiger partial charge in [0, 0.05) is 35.4 Å². The van der Waals surface area contributed by atoms with E-state index in [2.05, 4.69) is 18.8 Å². The zero-order valence-corrected chi connectivity index (χ0v) is 19.6. The fourth-order valence-electron chi connectivity index (χ4n) is 7.34. The third-order valence-corrected chi connectivity index (χ3v) is 9.38. The monoisotopic (exact) mass is 455 g/mol. The normalized spacial score (nSPS) is 42.0. The number of aliphatic hydroxyl groups is 3. The number of rotatable bonds is 2. The molecule has 0 radical (unpaired) electrons. The molecule has 3 aliphatic rings. The Balaban J connectivity index is 1.65. The highest BCUT2D eigenvalue weighted by Crippen LogP contribution is 2.67. The van der Waals surface area contributed by atoms with Gasteiger partial charge in [-0.3, -0.25) is 4.98 Å². The first-order valence-corrected chi connectivity index (χ1v) is 11.8. The Labute approximate surface area is 193 Å². The fraction of sp³-hybridized carbons (Fsp3) is 0.615. The standard InChI is InChI=1S/C26H33NO6/c1-14-10-18-24(2,8-7-19(29)25(18,3)13-28)22-21(30)20-17(33-26(14,22)4)11-16(32-23(20)31)15-6-5-9-27-12-15/h5-6,9,11-12,14,18-19,21-22,28-30H,7-8,10,13H2,1-4H3/t14-,18?,19-,21?,22?,24-,25+,26+/m0/s1. The van der Waals surface area contributed by atoms with Crippen LogP contribution in [0.5, 0.6) is 5.75 Å². The third kappa shape index (κ3) is 2.98. The quantitative estimate of drug-likeness (QED) is 0.637. The van der Waals surface area contributed by atoms with Crippen molar-refractivity contribution in [1.29, 1.82) is 0 Å². The topological polar surface area (TPSA) is 113 Å². The number of hydrogen-bond acceptors (Lipinski definition) is 7. The molecule has 3 unspecified atom stereocenters. The van der Waals surface area contributed by atoms with E-state index in [4.69, 9.17) is 9.15 Å². The predicted molar refractivity (Wildman–Crippen MR) is 122 cm³/mol. The molecule has 3 N–H and O–H groups in total. The molecule has 0 spiro atoms. The lowest BCUT2D eigenvalue weighted by atomic mass is 9.41. The SMILES string of the molecule is C[C@H]1CC2[C@](C)(CC[C@H](O)[C@]2(C)CO)C2C(O)c3c(cc(-c4cccnc4)oc3=O)O[C@@]21C. The second-order valence-corrected chi connectivity index (χ2v) is 11.0. The third-order valence-electron chi connectivity index (χ3n) is 9.38. The van der Waals surface area contributed by atoms with Crippen LogP contribution in [0, 0.1) is 28.6 Å². The number of nitrogens with zero attached hydrogens (tertiary/aromatic N) is 1. The summed E-state index contributed by atoms with van der Waals surface area (Å²) in [5.74, 6) is 0.298. The van der Waals surface area contributed by atoms with Crippen molar-refractivity contribution in [3.8, 4) is 17.1 Å². The van der Waals surface area contributed by atoms with E-state index in [-0.39, 0.29) is 24.0 Å². The molecule has 0 aromatic carbocycles. The van der Waals surface area contributed by atoms with Gasteiger partial charge in [-0.15, -0.1) is 0 Å². The lowest BCUT2D eigenvalue weighted by Crippen LogP contribution is -2.68. The highest BCUT2D eigenvalue weighted by molar-refractivity contribution is 5.59. The van der Waals surface area contributed by atoms with Crippen molar-refractivity contribution in [2.45, 2.75) is 64.8 Å². The van der Waals surface area contributed by atoms with Gasteiger partial charge in [-0.05, 0) is 55.6 Å². The molecular weight excluding hydrogens is 422 g/mol. The van der Waals surface area contributed by atoms with Gasteiger partial charge in [-0.1, -0.05) is 20.8 Å². The number of aliphatic hydroxyl groups excluding tert-OH is 3. The summed E-state index contributed by atoms with van der Waals surface area (Å²) in [7, 11) is 0. The summed E-state index contributed by atoms with van der Waals surface area (Å²) < 4.78 is 12.2. The van der Waals surface area contributed by atoms with Crippen molar-refractivity contribution in [2.75, 3.05) is 6.61 Å². The average Bonchev–Trinajstić information content (AvgIpc) is 2.78. The van der Waals surface area contributed by atoms with E-state index < -0.39 is 40.2 Å². The van der Waals surface area contributed by atoms with Crippen LogP contribution in [0.4, 0.5) is 0 Å². The van der Waals surface area contributed by atoms with Crippen LogP contribution in [-0.2, 0) is 0 Å². The van der Waals surface area contributed by atoms with Gasteiger partial charge in [0.15, 0.2) is 0 Å². The molecule has 0 amide bonds. The Hall–Kier alpha value is -2.22. The minimum atomic E-state index is -1.08. The predicted octanol–water partition coefficient (Wildman–Crippen LogP) is 3.32. The molecule has 1 aliphatic heterocycles. The van der Waals surface area contributed by atoms with Crippen molar-refractivity contribution in [1.82, 2.24) is 4.98 Å². The molecule has 178 valence electrons. The zero-order chi connectivity index (χ0) is 23.8. The summed E-state index contributed by atoms with van der Waals surface area (Å²) in [6.45, 7) is 8.05. The Morgan fingerprint density at radius 2 is 2.00 bits per heavy atom. The van der Waals surface area contributed by atoms with Crippen LogP contribution in [0.1, 0.15) is 58.6 Å². The molecule has 2 saturated carbocycles. The molecule has 33 heavy (non-hydrogen) atoms. The summed E-state index contributed by atoms with van der Waals surface area (Å²) in [5.41, 5.74) is -1.65. The maximum Gasteiger partial charge on any atom is 0.345 e. The lowest BCUT2D eigenvalue weighted by molar-refractivity contribution is -0.248.